The maximum absolute atomic E-state index is 14.3. The Kier molecular flexibility index (Phi) is 28.4. The SMILES string of the molecule is CC[C@H]1CN(CC(=O)O)[C@@H](CC)CN(CC(=O)NCCCC[C@@H]2NC(=O)[C@@H](Cc3ccc(O)cc3)NC(=O)[C@H](CC(=O)O)NC(=O)CNC(=O)[C@H](CCCNC(=N)N)NC2=O)[C@@H](CC)CN(CC(=O)O)[C@@H](CC)CN1CC(=O)O. The van der Waals surface area contributed by atoms with Gasteiger partial charge in [-0.3, -0.25) is 73.0 Å². The molecule has 6 amide bonds. The molecule has 8 atom stereocenters. The van der Waals surface area contributed by atoms with Gasteiger partial charge in [0.2, 0.25) is 35.4 Å². The quantitative estimate of drug-likeness (QED) is 0.0276. The number of aromatic hydroxyl groups is 1. The molecule has 2 saturated heterocycles. The first-order valence-corrected chi connectivity index (χ1v) is 26.9. The molecule has 28 nitrogen and oxygen atoms in total. The zero-order valence-corrected chi connectivity index (χ0v) is 45.7. The minimum Gasteiger partial charge on any atom is -0.508 e. The number of amides is 6. The minimum atomic E-state index is -1.70. The van der Waals surface area contributed by atoms with E-state index in [1.165, 1.54) is 24.3 Å². The Morgan fingerprint density at radius 3 is 1.43 bits per heavy atom. The highest BCUT2D eigenvalue weighted by atomic mass is 16.4. The van der Waals surface area contributed by atoms with Crippen LogP contribution in [0, 0.1) is 5.41 Å². The Morgan fingerprint density at radius 2 is 0.975 bits per heavy atom. The Morgan fingerprint density at radius 1 is 0.557 bits per heavy atom. The van der Waals surface area contributed by atoms with Crippen LogP contribution in [0.1, 0.15) is 97.5 Å². The van der Waals surface area contributed by atoms with E-state index in [4.69, 9.17) is 11.1 Å². The number of carbonyl (C=O) groups excluding carboxylic acids is 6. The zero-order chi connectivity index (χ0) is 58.8. The van der Waals surface area contributed by atoms with Crippen molar-refractivity contribution in [1.29, 1.82) is 5.41 Å². The number of nitrogens with two attached hydrogens (primary N) is 1. The summed E-state index contributed by atoms with van der Waals surface area (Å²) >= 11 is 0. The first kappa shape index (κ1) is 66.1. The van der Waals surface area contributed by atoms with Gasteiger partial charge in [0.05, 0.1) is 39.1 Å². The monoisotopic (exact) mass is 1120 g/mol. The third kappa shape index (κ3) is 23.8. The summed E-state index contributed by atoms with van der Waals surface area (Å²) < 4.78 is 0. The number of unbranched alkanes of at least 4 members (excludes halogenated alkanes) is 1. The fourth-order valence-corrected chi connectivity index (χ4v) is 9.81. The van der Waals surface area contributed by atoms with Crippen molar-refractivity contribution in [2.75, 3.05) is 72.0 Å². The molecule has 0 bridgehead atoms. The van der Waals surface area contributed by atoms with Crippen LogP contribution in [0.4, 0.5) is 0 Å². The van der Waals surface area contributed by atoms with Crippen molar-refractivity contribution in [3.8, 4) is 5.75 Å². The summed E-state index contributed by atoms with van der Waals surface area (Å²) in [4.78, 5) is 139. The first-order valence-electron chi connectivity index (χ1n) is 26.9. The number of aliphatic carboxylic acids is 4. The molecule has 0 saturated carbocycles. The second kappa shape index (κ2) is 34.0. The molecular weight excluding hydrogens is 1030 g/mol. The van der Waals surface area contributed by atoms with E-state index in [0.717, 1.165) is 0 Å². The molecule has 0 radical (unpaired) electrons. The number of rotatable bonds is 25. The lowest BCUT2D eigenvalue weighted by Gasteiger charge is -2.45. The van der Waals surface area contributed by atoms with Crippen LogP contribution in [-0.2, 0) is 54.4 Å². The summed E-state index contributed by atoms with van der Waals surface area (Å²) in [5, 5.41) is 75.1. The average molecular weight is 1120 g/mol. The van der Waals surface area contributed by atoms with E-state index in [9.17, 15) is 73.5 Å². The number of carboxylic acid groups (broad SMARTS) is 4. The molecule has 0 spiro atoms. The molecule has 0 aromatic heterocycles. The highest BCUT2D eigenvalue weighted by Gasteiger charge is 2.37. The molecule has 2 aliphatic heterocycles. The van der Waals surface area contributed by atoms with Crippen molar-refractivity contribution in [3.05, 3.63) is 29.8 Å². The summed E-state index contributed by atoms with van der Waals surface area (Å²) in [6, 6.07) is -1.81. The van der Waals surface area contributed by atoms with Crippen LogP contribution in [0.15, 0.2) is 24.3 Å². The number of carbonyl (C=O) groups is 10. The van der Waals surface area contributed by atoms with Gasteiger partial charge in [-0.25, -0.2) is 0 Å². The lowest BCUT2D eigenvalue weighted by molar-refractivity contribution is -0.143. The van der Waals surface area contributed by atoms with Gasteiger partial charge < -0.3 is 68.5 Å². The fourth-order valence-electron chi connectivity index (χ4n) is 9.81. The van der Waals surface area contributed by atoms with Crippen LogP contribution in [0.25, 0.3) is 0 Å². The van der Waals surface area contributed by atoms with Gasteiger partial charge in [-0.2, -0.15) is 0 Å². The third-order valence-electron chi connectivity index (χ3n) is 14.0. The lowest BCUT2D eigenvalue weighted by Crippen LogP contribution is -2.60. The number of hydrogen-bond acceptors (Lipinski definition) is 16. The summed E-state index contributed by atoms with van der Waals surface area (Å²) in [5.41, 5.74) is 5.85. The van der Waals surface area contributed by atoms with E-state index < -0.39 is 121 Å². The van der Waals surface area contributed by atoms with Crippen molar-refractivity contribution >= 4 is 65.3 Å². The average Bonchev–Trinajstić information content (AvgIpc) is 3.38. The number of nitrogens with one attached hydrogen (secondary N) is 8. The van der Waals surface area contributed by atoms with Crippen LogP contribution < -0.4 is 43.0 Å². The number of hydrogen-bond donors (Lipinski definition) is 14. The minimum absolute atomic E-state index is 0.0365. The maximum Gasteiger partial charge on any atom is 0.317 e. The van der Waals surface area contributed by atoms with Gasteiger partial charge in [0.25, 0.3) is 0 Å². The molecule has 0 aliphatic carbocycles. The highest BCUT2D eigenvalue weighted by molar-refractivity contribution is 5.98. The van der Waals surface area contributed by atoms with Crippen LogP contribution in [0.3, 0.4) is 0 Å². The van der Waals surface area contributed by atoms with Crippen molar-refractivity contribution in [2.24, 2.45) is 5.73 Å². The predicted molar refractivity (Wildman–Crippen MR) is 286 cm³/mol. The second-order valence-corrected chi connectivity index (χ2v) is 20.0. The van der Waals surface area contributed by atoms with Crippen molar-refractivity contribution in [3.63, 3.8) is 0 Å². The number of benzene rings is 1. The highest BCUT2D eigenvalue weighted by Crippen LogP contribution is 2.21. The Balaban J connectivity index is 1.94. The standard InChI is InChI=1S/C51H83N13O15/c1-5-32-24-62(28-44(70)71)34(7-3)26-64(30-46(74)75)35(8-4)25-63(29-45(72)73)33(6-2)23-61(32)27-42(67)54-18-10-9-12-38-48(77)58-37(13-11-19-55-51(52)53)47(76)56-22-41(66)57-40(21-43(68)69)50(79)60-39(49(78)59-38)20-31-14-16-36(65)17-15-31/h14-17,32-35,37-40,65H,5-13,18-30H2,1-4H3,(H,54,67)(H,56,76)(H,57,66)(H,58,77)(H,59,78)(H,60,79)(H,68,69)(H,70,71)(H,72,73)(H,74,75)(H4,52,53,55)/t32-,33-,34-,35-,37-,38-,39+,40-/m0/s1. The molecule has 28 heteroatoms. The molecule has 2 heterocycles. The van der Waals surface area contributed by atoms with E-state index in [1.54, 1.807) is 14.7 Å². The van der Waals surface area contributed by atoms with E-state index in [0.29, 0.717) is 31.2 Å². The van der Waals surface area contributed by atoms with Crippen LogP contribution in [-0.4, -0.2) is 231 Å². The van der Waals surface area contributed by atoms with E-state index in [-0.39, 0.29) is 116 Å². The molecule has 2 aliphatic rings. The van der Waals surface area contributed by atoms with Gasteiger partial charge in [0.15, 0.2) is 5.96 Å². The molecule has 3 rings (SSSR count). The number of phenolic OH excluding ortho intramolecular Hbond substituents is 1. The second-order valence-electron chi connectivity index (χ2n) is 20.0. The molecule has 1 aromatic rings. The largest absolute Gasteiger partial charge is 0.508 e. The number of guanidine groups is 1. The zero-order valence-electron chi connectivity index (χ0n) is 45.7. The Labute approximate surface area is 459 Å². The molecule has 0 unspecified atom stereocenters. The van der Waals surface area contributed by atoms with Gasteiger partial charge in [0, 0.05) is 69.9 Å². The summed E-state index contributed by atoms with van der Waals surface area (Å²) in [6.45, 7) is 6.69. The van der Waals surface area contributed by atoms with Crippen molar-refractivity contribution in [2.45, 2.75) is 147 Å². The van der Waals surface area contributed by atoms with E-state index >= 15 is 0 Å². The molecule has 1 aromatic carbocycles. The smallest absolute Gasteiger partial charge is 0.317 e. The first-order chi connectivity index (χ1) is 37.5. The lowest BCUT2D eigenvalue weighted by atomic mass is 10.0. The van der Waals surface area contributed by atoms with Crippen molar-refractivity contribution in [1.82, 2.24) is 56.8 Å². The van der Waals surface area contributed by atoms with Gasteiger partial charge in [-0.05, 0) is 75.5 Å². The number of nitrogens with zero attached hydrogens (tertiary/aromatic N) is 4. The van der Waals surface area contributed by atoms with E-state index in [2.05, 4.69) is 37.2 Å². The van der Waals surface area contributed by atoms with E-state index in [1.807, 2.05) is 32.6 Å². The third-order valence-corrected chi connectivity index (χ3v) is 14.0. The van der Waals surface area contributed by atoms with Gasteiger partial charge in [-0.1, -0.05) is 39.8 Å². The predicted octanol–water partition coefficient (Wildman–Crippen LogP) is -2.38. The molecule has 79 heavy (non-hydrogen) atoms. The summed E-state index contributed by atoms with van der Waals surface area (Å²) in [5.74, 6) is -10.1. The van der Waals surface area contributed by atoms with Crippen LogP contribution in [0.5, 0.6) is 5.75 Å². The topological polar surface area (TPSA) is 419 Å². The molecular formula is C51H83N13O15. The number of carboxylic acids is 4. The maximum atomic E-state index is 14.3. The summed E-state index contributed by atoms with van der Waals surface area (Å²) in [7, 11) is 0. The van der Waals surface area contributed by atoms with Crippen LogP contribution in [0.2, 0.25) is 0 Å². The van der Waals surface area contributed by atoms with Crippen molar-refractivity contribution < 1.29 is 73.5 Å². The van der Waals surface area contributed by atoms with Gasteiger partial charge >= 0.3 is 23.9 Å². The molecule has 2 fully saturated rings. The molecule has 15 N–H and O–H groups in total. The van der Waals surface area contributed by atoms with Gasteiger partial charge in [0.1, 0.15) is 29.9 Å². The number of phenols is 1. The fraction of sp³-hybridized carbons (Fsp3) is 0.667. The summed E-state index contributed by atoms with van der Waals surface area (Å²) in [6.07, 6.45) is 1.30. The molecule has 442 valence electrons. The normalized spacial score (nSPS) is 24.1. The van der Waals surface area contributed by atoms with Crippen LogP contribution >= 0.6 is 0 Å². The Hall–Kier alpha value is -7.17. The Bertz CT molecular complexity index is 2230. The van der Waals surface area contributed by atoms with Gasteiger partial charge in [-0.15, -0.1) is 0 Å².